The topological polar surface area (TPSA) is 79.9 Å². The third-order valence-electron chi connectivity index (χ3n) is 4.29. The van der Waals surface area contributed by atoms with Crippen molar-refractivity contribution in [3.05, 3.63) is 18.2 Å². The number of amides is 3. The van der Waals surface area contributed by atoms with Gasteiger partial charge in [-0.3, -0.25) is 4.79 Å². The summed E-state index contributed by atoms with van der Waals surface area (Å²) >= 11 is 0. The third-order valence-corrected chi connectivity index (χ3v) is 4.29. The normalized spacial score (nSPS) is 20.7. The molecule has 0 aromatic heterocycles. The van der Waals surface area contributed by atoms with E-state index in [0.717, 1.165) is 12.1 Å². The minimum atomic E-state index is -0.230. The molecule has 0 radical (unpaired) electrons. The second-order valence-electron chi connectivity index (χ2n) is 6.16. The molecule has 2 heterocycles. The van der Waals surface area contributed by atoms with Crippen LogP contribution in [0.5, 0.6) is 11.5 Å². The zero-order chi connectivity index (χ0) is 17.1. The van der Waals surface area contributed by atoms with Gasteiger partial charge in [-0.1, -0.05) is 6.92 Å². The molecular weight excluding hydrogens is 310 g/mol. The molecule has 1 saturated heterocycles. The number of hydrogen-bond donors (Lipinski definition) is 2. The van der Waals surface area contributed by atoms with Gasteiger partial charge in [0.25, 0.3) is 0 Å². The fraction of sp³-hybridized carbons (Fsp3) is 0.529. The molecule has 0 spiro atoms. The molecule has 1 fully saturated rings. The van der Waals surface area contributed by atoms with Crippen LogP contribution in [0.3, 0.4) is 0 Å². The van der Waals surface area contributed by atoms with Crippen molar-refractivity contribution in [2.45, 2.75) is 38.8 Å². The van der Waals surface area contributed by atoms with E-state index in [1.54, 1.807) is 4.90 Å². The number of nitrogens with zero attached hydrogens (tertiary/aromatic N) is 1. The number of anilines is 1. The van der Waals surface area contributed by atoms with Crippen LogP contribution in [0, 0.1) is 0 Å². The van der Waals surface area contributed by atoms with Gasteiger partial charge in [0, 0.05) is 30.8 Å². The van der Waals surface area contributed by atoms with Gasteiger partial charge in [0.1, 0.15) is 13.2 Å². The van der Waals surface area contributed by atoms with Crippen molar-refractivity contribution >= 4 is 17.6 Å². The Bertz CT molecular complexity index is 634. The molecule has 1 aromatic carbocycles. The Balaban J connectivity index is 1.63. The summed E-state index contributed by atoms with van der Waals surface area (Å²) in [5.41, 5.74) is 0.760. The minimum Gasteiger partial charge on any atom is -0.486 e. The molecule has 0 saturated carbocycles. The maximum absolute atomic E-state index is 12.3. The lowest BCUT2D eigenvalue weighted by atomic mass is 10.2. The van der Waals surface area contributed by atoms with E-state index in [9.17, 15) is 9.59 Å². The fourth-order valence-electron chi connectivity index (χ4n) is 2.81. The summed E-state index contributed by atoms with van der Waals surface area (Å²) in [5, 5.41) is 5.72. The molecule has 24 heavy (non-hydrogen) atoms. The van der Waals surface area contributed by atoms with E-state index >= 15 is 0 Å². The van der Waals surface area contributed by atoms with Crippen LogP contribution in [-0.2, 0) is 4.79 Å². The van der Waals surface area contributed by atoms with Gasteiger partial charge >= 0.3 is 6.03 Å². The molecule has 7 heteroatoms. The Kier molecular flexibility index (Phi) is 4.78. The van der Waals surface area contributed by atoms with Gasteiger partial charge in [-0.15, -0.1) is 0 Å². The van der Waals surface area contributed by atoms with Crippen molar-refractivity contribution in [3.63, 3.8) is 0 Å². The molecule has 0 aliphatic carbocycles. The quantitative estimate of drug-likeness (QED) is 0.878. The van der Waals surface area contributed by atoms with Crippen LogP contribution < -0.4 is 25.0 Å². The first kappa shape index (κ1) is 16.4. The maximum Gasteiger partial charge on any atom is 0.315 e. The fourth-order valence-corrected chi connectivity index (χ4v) is 2.81. The second kappa shape index (κ2) is 6.98. The summed E-state index contributed by atoms with van der Waals surface area (Å²) in [6.45, 7) is 5.44. The highest BCUT2D eigenvalue weighted by atomic mass is 16.6. The van der Waals surface area contributed by atoms with Gasteiger partial charge in [-0.2, -0.15) is 0 Å². The highest BCUT2D eigenvalue weighted by Crippen LogP contribution is 2.35. The number of rotatable bonds is 4. The van der Waals surface area contributed by atoms with Crippen LogP contribution in [0.4, 0.5) is 10.5 Å². The van der Waals surface area contributed by atoms with Crippen molar-refractivity contribution in [3.8, 4) is 11.5 Å². The predicted molar refractivity (Wildman–Crippen MR) is 89.6 cm³/mol. The number of fused-ring (bicyclic) bond motifs is 1. The first-order chi connectivity index (χ1) is 11.6. The lowest BCUT2D eigenvalue weighted by molar-refractivity contribution is -0.117. The predicted octanol–water partition coefficient (Wildman–Crippen LogP) is 1.66. The van der Waals surface area contributed by atoms with Crippen LogP contribution in [0.15, 0.2) is 18.2 Å². The Morgan fingerprint density at radius 2 is 2.08 bits per heavy atom. The van der Waals surface area contributed by atoms with Crippen LogP contribution in [0.25, 0.3) is 0 Å². The standard InChI is InChI=1S/C17H23N3O4/c1-3-11(2)18-17(22)19-12-8-16(21)20(10-12)13-4-5-14-15(9-13)24-7-6-23-14/h4-5,9,11-12H,3,6-8,10H2,1-2H3,(H2,18,19,22)/t11-,12+/m1/s1. The molecule has 2 atom stereocenters. The number of hydrogen-bond acceptors (Lipinski definition) is 4. The van der Waals surface area contributed by atoms with Gasteiger partial charge in [0.2, 0.25) is 5.91 Å². The number of benzene rings is 1. The van der Waals surface area contributed by atoms with E-state index in [4.69, 9.17) is 9.47 Å². The molecule has 0 unspecified atom stereocenters. The lowest BCUT2D eigenvalue weighted by Crippen LogP contribution is -2.46. The van der Waals surface area contributed by atoms with Crippen LogP contribution in [-0.4, -0.2) is 43.8 Å². The van der Waals surface area contributed by atoms with E-state index in [-0.39, 0.29) is 24.0 Å². The third kappa shape index (κ3) is 3.55. The largest absolute Gasteiger partial charge is 0.486 e. The summed E-state index contributed by atoms with van der Waals surface area (Å²) in [6.07, 6.45) is 1.16. The van der Waals surface area contributed by atoms with Crippen LogP contribution >= 0.6 is 0 Å². The molecule has 0 bridgehead atoms. The molecule has 3 amide bonds. The maximum atomic E-state index is 12.3. The number of carbonyl (C=O) groups excluding carboxylic acids is 2. The first-order valence-electron chi connectivity index (χ1n) is 8.34. The lowest BCUT2D eigenvalue weighted by Gasteiger charge is -2.22. The van der Waals surface area contributed by atoms with E-state index in [0.29, 0.717) is 37.7 Å². The first-order valence-corrected chi connectivity index (χ1v) is 8.34. The van der Waals surface area contributed by atoms with Crippen LogP contribution in [0.2, 0.25) is 0 Å². The molecule has 3 rings (SSSR count). The Labute approximate surface area is 141 Å². The Morgan fingerprint density at radius 3 is 2.83 bits per heavy atom. The second-order valence-corrected chi connectivity index (χ2v) is 6.16. The average molecular weight is 333 g/mol. The summed E-state index contributed by atoms with van der Waals surface area (Å²) in [6, 6.07) is 5.14. The van der Waals surface area contributed by atoms with Gasteiger partial charge in [-0.05, 0) is 25.5 Å². The summed E-state index contributed by atoms with van der Waals surface area (Å²) in [7, 11) is 0. The average Bonchev–Trinajstić information content (AvgIpc) is 2.94. The molecule has 2 aliphatic heterocycles. The van der Waals surface area contributed by atoms with E-state index < -0.39 is 0 Å². The number of ether oxygens (including phenoxy) is 2. The summed E-state index contributed by atoms with van der Waals surface area (Å²) < 4.78 is 11.1. The Morgan fingerprint density at radius 1 is 1.33 bits per heavy atom. The van der Waals surface area contributed by atoms with Crippen molar-refractivity contribution in [1.29, 1.82) is 0 Å². The van der Waals surface area contributed by atoms with Crippen LogP contribution in [0.1, 0.15) is 26.7 Å². The molecule has 1 aromatic rings. The highest BCUT2D eigenvalue weighted by molar-refractivity contribution is 5.97. The van der Waals surface area contributed by atoms with Crippen molar-refractivity contribution in [1.82, 2.24) is 10.6 Å². The molecule has 7 nitrogen and oxygen atoms in total. The number of nitrogens with one attached hydrogen (secondary N) is 2. The molecular formula is C17H23N3O4. The SMILES string of the molecule is CC[C@@H](C)NC(=O)N[C@H]1CC(=O)N(c2ccc3c(c2)OCCO3)C1. The van der Waals surface area contributed by atoms with E-state index in [1.165, 1.54) is 0 Å². The van der Waals surface area contributed by atoms with Crippen molar-refractivity contribution in [2.24, 2.45) is 0 Å². The van der Waals surface area contributed by atoms with Gasteiger partial charge in [0.15, 0.2) is 11.5 Å². The smallest absolute Gasteiger partial charge is 0.315 e. The summed E-state index contributed by atoms with van der Waals surface area (Å²) in [5.74, 6) is 1.33. The van der Waals surface area contributed by atoms with Gasteiger partial charge in [-0.25, -0.2) is 4.79 Å². The summed E-state index contributed by atoms with van der Waals surface area (Å²) in [4.78, 5) is 25.9. The van der Waals surface area contributed by atoms with Crippen molar-refractivity contribution in [2.75, 3.05) is 24.7 Å². The van der Waals surface area contributed by atoms with Gasteiger partial charge < -0.3 is 25.0 Å². The highest BCUT2D eigenvalue weighted by Gasteiger charge is 2.32. The van der Waals surface area contributed by atoms with E-state index in [2.05, 4.69) is 10.6 Å². The minimum absolute atomic E-state index is 0.0134. The van der Waals surface area contributed by atoms with E-state index in [1.807, 2.05) is 32.0 Å². The Hall–Kier alpha value is -2.44. The number of carbonyl (C=O) groups is 2. The molecule has 2 N–H and O–H groups in total. The van der Waals surface area contributed by atoms with Gasteiger partial charge in [0.05, 0.1) is 6.04 Å². The number of urea groups is 1. The zero-order valence-electron chi connectivity index (χ0n) is 14.0. The zero-order valence-corrected chi connectivity index (χ0v) is 14.0. The molecule has 130 valence electrons. The molecule has 2 aliphatic rings. The van der Waals surface area contributed by atoms with Crippen molar-refractivity contribution < 1.29 is 19.1 Å². The monoisotopic (exact) mass is 333 g/mol.